The standard InChI is InChI=1S/C10H11Cl2N3O2/c11-8-5-7(9(12)14-13-8)10(16)15-17-6-3-1-2-4-6/h5-6H,1-4H2,(H,15,16). The van der Waals surface area contributed by atoms with Gasteiger partial charge in [-0.2, -0.15) is 0 Å². The first-order valence-electron chi connectivity index (χ1n) is 5.31. The van der Waals surface area contributed by atoms with Crippen LogP contribution in [0.15, 0.2) is 6.07 Å². The zero-order valence-corrected chi connectivity index (χ0v) is 10.5. The molecule has 1 saturated carbocycles. The highest BCUT2D eigenvalue weighted by molar-refractivity contribution is 6.34. The maximum atomic E-state index is 11.7. The predicted molar refractivity (Wildman–Crippen MR) is 62.9 cm³/mol. The van der Waals surface area contributed by atoms with Crippen molar-refractivity contribution in [2.45, 2.75) is 31.8 Å². The minimum Gasteiger partial charge on any atom is -0.270 e. The second kappa shape index (κ2) is 5.62. The van der Waals surface area contributed by atoms with E-state index in [1.807, 2.05) is 0 Å². The van der Waals surface area contributed by atoms with Crippen molar-refractivity contribution in [3.05, 3.63) is 21.9 Å². The van der Waals surface area contributed by atoms with E-state index in [4.69, 9.17) is 28.0 Å². The molecular formula is C10H11Cl2N3O2. The third-order valence-corrected chi connectivity index (χ3v) is 3.05. The molecule has 92 valence electrons. The molecular weight excluding hydrogens is 265 g/mol. The topological polar surface area (TPSA) is 64.1 Å². The minimum atomic E-state index is -0.460. The highest BCUT2D eigenvalue weighted by Crippen LogP contribution is 2.20. The lowest BCUT2D eigenvalue weighted by atomic mass is 10.3. The van der Waals surface area contributed by atoms with Crippen molar-refractivity contribution < 1.29 is 9.63 Å². The third kappa shape index (κ3) is 3.28. The van der Waals surface area contributed by atoms with Crippen molar-refractivity contribution in [1.29, 1.82) is 0 Å². The number of halogens is 2. The van der Waals surface area contributed by atoms with Gasteiger partial charge in [0.25, 0.3) is 5.91 Å². The largest absolute Gasteiger partial charge is 0.278 e. The summed E-state index contributed by atoms with van der Waals surface area (Å²) in [7, 11) is 0. The fourth-order valence-corrected chi connectivity index (χ4v) is 2.04. The van der Waals surface area contributed by atoms with E-state index in [2.05, 4.69) is 15.7 Å². The number of rotatable bonds is 3. The summed E-state index contributed by atoms with van der Waals surface area (Å²) in [6.07, 6.45) is 4.27. The summed E-state index contributed by atoms with van der Waals surface area (Å²) >= 11 is 11.4. The van der Waals surface area contributed by atoms with Crippen LogP contribution >= 0.6 is 23.2 Å². The number of carbonyl (C=O) groups excluding carboxylic acids is 1. The number of hydrogen-bond acceptors (Lipinski definition) is 4. The Bertz CT molecular complexity index is 422. The van der Waals surface area contributed by atoms with Crippen LogP contribution in [-0.2, 0) is 4.84 Å². The van der Waals surface area contributed by atoms with Crippen LogP contribution in [0.4, 0.5) is 0 Å². The summed E-state index contributed by atoms with van der Waals surface area (Å²) in [5, 5.41) is 7.18. The number of nitrogens with one attached hydrogen (secondary N) is 1. The van der Waals surface area contributed by atoms with E-state index in [9.17, 15) is 4.79 Å². The molecule has 1 aromatic heterocycles. The van der Waals surface area contributed by atoms with Crippen molar-refractivity contribution in [3.8, 4) is 0 Å². The van der Waals surface area contributed by atoms with Gasteiger partial charge in [0.05, 0.1) is 11.7 Å². The summed E-state index contributed by atoms with van der Waals surface area (Å²) < 4.78 is 0. The Kier molecular flexibility index (Phi) is 4.15. The van der Waals surface area contributed by atoms with Gasteiger partial charge < -0.3 is 0 Å². The lowest BCUT2D eigenvalue weighted by Crippen LogP contribution is -2.28. The Labute approximate surface area is 108 Å². The number of hydroxylamine groups is 1. The molecule has 1 heterocycles. The van der Waals surface area contributed by atoms with Gasteiger partial charge in [0.15, 0.2) is 10.3 Å². The van der Waals surface area contributed by atoms with Gasteiger partial charge in [0.2, 0.25) is 0 Å². The Morgan fingerprint density at radius 3 is 2.76 bits per heavy atom. The van der Waals surface area contributed by atoms with E-state index in [1.54, 1.807) is 0 Å². The molecule has 5 nitrogen and oxygen atoms in total. The first-order valence-corrected chi connectivity index (χ1v) is 6.07. The Morgan fingerprint density at radius 1 is 1.35 bits per heavy atom. The Hall–Kier alpha value is -0.910. The molecule has 0 aliphatic heterocycles. The molecule has 7 heteroatoms. The maximum absolute atomic E-state index is 11.7. The molecule has 0 radical (unpaired) electrons. The predicted octanol–water partition coefficient (Wildman–Crippen LogP) is 2.39. The normalized spacial score (nSPS) is 16.1. The van der Waals surface area contributed by atoms with Crippen LogP contribution in [0.3, 0.4) is 0 Å². The van der Waals surface area contributed by atoms with Gasteiger partial charge >= 0.3 is 0 Å². The highest BCUT2D eigenvalue weighted by atomic mass is 35.5. The van der Waals surface area contributed by atoms with Gasteiger partial charge in [0.1, 0.15) is 0 Å². The average Bonchev–Trinajstić information content (AvgIpc) is 2.82. The fraction of sp³-hybridized carbons (Fsp3) is 0.500. The molecule has 1 aliphatic rings. The molecule has 0 atom stereocenters. The SMILES string of the molecule is O=C(NOC1CCCC1)c1cc(Cl)nnc1Cl. The summed E-state index contributed by atoms with van der Waals surface area (Å²) in [5.41, 5.74) is 2.52. The van der Waals surface area contributed by atoms with Crippen LogP contribution in [0, 0.1) is 0 Å². The van der Waals surface area contributed by atoms with E-state index in [0.717, 1.165) is 25.7 Å². The van der Waals surface area contributed by atoms with Crippen molar-refractivity contribution in [1.82, 2.24) is 15.7 Å². The second-order valence-electron chi connectivity index (χ2n) is 3.83. The zero-order chi connectivity index (χ0) is 12.3. The molecule has 2 rings (SSSR count). The molecule has 1 N–H and O–H groups in total. The fourth-order valence-electron chi connectivity index (χ4n) is 1.71. The molecule has 1 aromatic rings. The van der Waals surface area contributed by atoms with Crippen molar-refractivity contribution >= 4 is 29.1 Å². The van der Waals surface area contributed by atoms with E-state index in [1.165, 1.54) is 6.07 Å². The van der Waals surface area contributed by atoms with E-state index < -0.39 is 5.91 Å². The molecule has 0 unspecified atom stereocenters. The zero-order valence-electron chi connectivity index (χ0n) is 8.95. The highest BCUT2D eigenvalue weighted by Gasteiger charge is 2.19. The second-order valence-corrected chi connectivity index (χ2v) is 4.57. The van der Waals surface area contributed by atoms with Gasteiger partial charge in [0, 0.05) is 0 Å². The van der Waals surface area contributed by atoms with Gasteiger partial charge in [-0.15, -0.1) is 10.2 Å². The molecule has 0 spiro atoms. The van der Waals surface area contributed by atoms with Gasteiger partial charge in [-0.25, -0.2) is 5.48 Å². The molecule has 17 heavy (non-hydrogen) atoms. The summed E-state index contributed by atoms with van der Waals surface area (Å²) in [6, 6.07) is 1.35. The number of hydrogen-bond donors (Lipinski definition) is 1. The smallest absolute Gasteiger partial charge is 0.270 e. The van der Waals surface area contributed by atoms with E-state index in [-0.39, 0.29) is 22.0 Å². The third-order valence-electron chi connectivity index (χ3n) is 2.58. The molecule has 1 aliphatic carbocycles. The van der Waals surface area contributed by atoms with E-state index >= 15 is 0 Å². The Morgan fingerprint density at radius 2 is 2.06 bits per heavy atom. The van der Waals surface area contributed by atoms with Crippen molar-refractivity contribution in [3.63, 3.8) is 0 Å². The molecule has 0 aromatic carbocycles. The minimum absolute atomic E-state index is 0.00178. The van der Waals surface area contributed by atoms with Crippen molar-refractivity contribution in [2.24, 2.45) is 0 Å². The molecule has 1 amide bonds. The monoisotopic (exact) mass is 275 g/mol. The van der Waals surface area contributed by atoms with Crippen LogP contribution in [0.25, 0.3) is 0 Å². The Balaban J connectivity index is 1.96. The summed E-state index contributed by atoms with van der Waals surface area (Å²) in [5.74, 6) is -0.460. The van der Waals surface area contributed by atoms with Crippen LogP contribution in [0.1, 0.15) is 36.0 Å². The average molecular weight is 276 g/mol. The first-order chi connectivity index (χ1) is 8.16. The van der Waals surface area contributed by atoms with Crippen LogP contribution in [0.5, 0.6) is 0 Å². The number of aromatic nitrogens is 2. The van der Waals surface area contributed by atoms with Crippen LogP contribution < -0.4 is 5.48 Å². The van der Waals surface area contributed by atoms with E-state index in [0.29, 0.717) is 0 Å². The lowest BCUT2D eigenvalue weighted by molar-refractivity contribution is -0.0125. The van der Waals surface area contributed by atoms with Gasteiger partial charge in [-0.05, 0) is 18.9 Å². The van der Waals surface area contributed by atoms with Gasteiger partial charge in [-0.3, -0.25) is 9.63 Å². The lowest BCUT2D eigenvalue weighted by Gasteiger charge is -2.11. The summed E-state index contributed by atoms with van der Waals surface area (Å²) in [6.45, 7) is 0. The number of amides is 1. The summed E-state index contributed by atoms with van der Waals surface area (Å²) in [4.78, 5) is 17.0. The first kappa shape index (κ1) is 12.5. The molecule has 0 saturated heterocycles. The number of nitrogens with zero attached hydrogens (tertiary/aromatic N) is 2. The molecule has 1 fully saturated rings. The van der Waals surface area contributed by atoms with Crippen LogP contribution in [-0.4, -0.2) is 22.2 Å². The van der Waals surface area contributed by atoms with Gasteiger partial charge in [-0.1, -0.05) is 36.0 Å². The van der Waals surface area contributed by atoms with Crippen molar-refractivity contribution in [2.75, 3.05) is 0 Å². The number of carbonyl (C=O) groups is 1. The van der Waals surface area contributed by atoms with Crippen LogP contribution in [0.2, 0.25) is 10.3 Å². The molecule has 0 bridgehead atoms. The quantitative estimate of drug-likeness (QED) is 0.861. The maximum Gasteiger partial charge on any atom is 0.278 e.